The molecule has 1 heterocycles. The second kappa shape index (κ2) is 8.78. The Bertz CT molecular complexity index is 1120. The summed E-state index contributed by atoms with van der Waals surface area (Å²) >= 11 is 0. The second-order valence-electron chi connectivity index (χ2n) is 8.20. The van der Waals surface area contributed by atoms with Gasteiger partial charge in [-0.3, -0.25) is 4.79 Å². The lowest BCUT2D eigenvalue weighted by Gasteiger charge is -2.17. The predicted molar refractivity (Wildman–Crippen MR) is 118 cm³/mol. The van der Waals surface area contributed by atoms with E-state index in [1.165, 1.54) is 18.2 Å². The minimum Gasteiger partial charge on any atom is -0.362 e. The van der Waals surface area contributed by atoms with Crippen molar-refractivity contribution in [2.24, 2.45) is 10.3 Å². The van der Waals surface area contributed by atoms with E-state index in [4.69, 9.17) is 0 Å². The molecule has 2 aromatic rings. The fraction of sp³-hybridized carbons (Fsp3) is 0.391. The summed E-state index contributed by atoms with van der Waals surface area (Å²) in [5.41, 5.74) is 0.932. The average molecular weight is 444 g/mol. The van der Waals surface area contributed by atoms with Crippen LogP contribution in [0.15, 0.2) is 57.8 Å². The molecule has 0 radical (unpaired) electrons. The summed E-state index contributed by atoms with van der Waals surface area (Å²) in [5.74, 6) is -0.448. The van der Waals surface area contributed by atoms with Crippen molar-refractivity contribution in [3.8, 4) is 0 Å². The molecule has 2 atom stereocenters. The number of amidine groups is 1. The number of nitrogens with zero attached hydrogens (tertiary/aromatic N) is 2. The van der Waals surface area contributed by atoms with Gasteiger partial charge in [-0.1, -0.05) is 30.7 Å². The third-order valence-corrected chi connectivity index (χ3v) is 7.19. The summed E-state index contributed by atoms with van der Waals surface area (Å²) in [7, 11) is -2.03. The molecule has 2 aromatic carbocycles. The van der Waals surface area contributed by atoms with E-state index in [-0.39, 0.29) is 28.5 Å². The summed E-state index contributed by atoms with van der Waals surface area (Å²) in [4.78, 5) is 14.5. The maximum atomic E-state index is 14.0. The first-order valence-electron chi connectivity index (χ1n) is 10.6. The number of hydrogen-bond acceptors (Lipinski definition) is 3. The van der Waals surface area contributed by atoms with E-state index in [0.717, 1.165) is 25.8 Å². The normalized spacial score (nSPS) is 22.8. The van der Waals surface area contributed by atoms with Crippen LogP contribution in [0.5, 0.6) is 0 Å². The van der Waals surface area contributed by atoms with Crippen LogP contribution < -0.4 is 5.32 Å². The number of benzene rings is 2. The van der Waals surface area contributed by atoms with Crippen molar-refractivity contribution >= 4 is 27.5 Å². The summed E-state index contributed by atoms with van der Waals surface area (Å²) < 4.78 is 43.7. The van der Waals surface area contributed by atoms with Gasteiger partial charge in [0.05, 0.1) is 4.90 Å². The van der Waals surface area contributed by atoms with Gasteiger partial charge >= 0.3 is 0 Å². The largest absolute Gasteiger partial charge is 0.362 e. The highest BCUT2D eigenvalue weighted by Crippen LogP contribution is 2.48. The van der Waals surface area contributed by atoms with Crippen LogP contribution >= 0.6 is 0 Å². The Kier molecular flexibility index (Phi) is 6.09. The van der Waals surface area contributed by atoms with E-state index in [1.807, 2.05) is 11.9 Å². The molecule has 1 N–H and O–H groups in total. The third kappa shape index (κ3) is 4.95. The van der Waals surface area contributed by atoms with Crippen molar-refractivity contribution in [3.63, 3.8) is 0 Å². The van der Waals surface area contributed by atoms with Crippen molar-refractivity contribution in [3.05, 3.63) is 59.9 Å². The van der Waals surface area contributed by atoms with Crippen LogP contribution in [0.2, 0.25) is 0 Å². The van der Waals surface area contributed by atoms with Gasteiger partial charge in [0.25, 0.3) is 10.0 Å². The first-order valence-corrected chi connectivity index (χ1v) is 12.0. The van der Waals surface area contributed by atoms with E-state index in [1.54, 1.807) is 30.3 Å². The van der Waals surface area contributed by atoms with Gasteiger partial charge in [-0.2, -0.15) is 8.42 Å². The molecule has 1 aliphatic heterocycles. The quantitative estimate of drug-likeness (QED) is 0.753. The summed E-state index contributed by atoms with van der Waals surface area (Å²) in [6.07, 6.45) is 4.20. The highest BCUT2D eigenvalue weighted by atomic mass is 32.2. The van der Waals surface area contributed by atoms with Crippen molar-refractivity contribution < 1.29 is 17.6 Å². The molecular weight excluding hydrogens is 417 g/mol. The Labute approximate surface area is 182 Å². The molecule has 31 heavy (non-hydrogen) atoms. The number of anilines is 1. The standard InChI is InChI=1S/C23H26FN3O3S/c1-27-13-6-2-3-12-22(27)26-31(29,30)17-9-7-8-16(14-17)25-23(28)20-15-19(20)18-10-4-5-11-21(18)24/h4-5,7-11,14,19-20H,2-3,6,12-13,15H2,1H3,(H,25,28). The number of likely N-dealkylation sites (tertiary alicyclic amines) is 1. The lowest BCUT2D eigenvalue weighted by atomic mass is 10.1. The van der Waals surface area contributed by atoms with Crippen LogP contribution in [0.3, 0.4) is 0 Å². The molecule has 8 heteroatoms. The predicted octanol–water partition coefficient (Wildman–Crippen LogP) is 4.16. The number of nitrogens with one attached hydrogen (secondary N) is 1. The molecule has 1 saturated heterocycles. The van der Waals surface area contributed by atoms with Crippen molar-refractivity contribution in [2.75, 3.05) is 18.9 Å². The monoisotopic (exact) mass is 443 g/mol. The summed E-state index contributed by atoms with van der Waals surface area (Å²) in [5, 5.41) is 2.77. The van der Waals surface area contributed by atoms with Crippen LogP contribution in [-0.4, -0.2) is 38.7 Å². The molecule has 1 aliphatic carbocycles. The molecule has 0 spiro atoms. The number of amides is 1. The zero-order valence-corrected chi connectivity index (χ0v) is 18.2. The number of carbonyl (C=O) groups is 1. The van der Waals surface area contributed by atoms with Gasteiger partial charge < -0.3 is 10.2 Å². The second-order valence-corrected chi connectivity index (χ2v) is 9.81. The maximum absolute atomic E-state index is 14.0. The molecule has 2 unspecified atom stereocenters. The molecule has 0 bridgehead atoms. The van der Waals surface area contributed by atoms with Crippen molar-refractivity contribution in [2.45, 2.75) is 42.9 Å². The van der Waals surface area contributed by atoms with Gasteiger partial charge in [-0.25, -0.2) is 4.39 Å². The van der Waals surface area contributed by atoms with Crippen LogP contribution in [0.1, 0.15) is 43.6 Å². The fourth-order valence-corrected chi connectivity index (χ4v) is 5.15. The number of sulfonamides is 1. The Morgan fingerprint density at radius 2 is 1.94 bits per heavy atom. The summed E-state index contributed by atoms with van der Waals surface area (Å²) in [6, 6.07) is 12.6. The highest BCUT2D eigenvalue weighted by molar-refractivity contribution is 7.90. The van der Waals surface area contributed by atoms with Gasteiger partial charge in [0.15, 0.2) is 0 Å². The van der Waals surface area contributed by atoms with Crippen LogP contribution in [0.25, 0.3) is 0 Å². The lowest BCUT2D eigenvalue weighted by molar-refractivity contribution is -0.117. The Morgan fingerprint density at radius 1 is 1.13 bits per heavy atom. The van der Waals surface area contributed by atoms with Gasteiger partial charge in [-0.05, 0) is 55.0 Å². The van der Waals surface area contributed by atoms with Gasteiger partial charge in [-0.15, -0.1) is 4.40 Å². The minimum absolute atomic E-state index is 0.0388. The number of halogens is 1. The fourth-order valence-electron chi connectivity index (χ4n) is 4.01. The van der Waals surface area contributed by atoms with Crippen LogP contribution in [0, 0.1) is 11.7 Å². The van der Waals surface area contributed by atoms with E-state index in [9.17, 15) is 17.6 Å². The Hall–Kier alpha value is -2.74. The van der Waals surface area contributed by atoms with Gasteiger partial charge in [0.1, 0.15) is 11.7 Å². The minimum atomic E-state index is -3.89. The summed E-state index contributed by atoms with van der Waals surface area (Å²) in [6.45, 7) is 0.787. The maximum Gasteiger partial charge on any atom is 0.284 e. The molecule has 6 nitrogen and oxygen atoms in total. The molecular formula is C23H26FN3O3S. The Balaban J connectivity index is 1.47. The average Bonchev–Trinajstić information content (AvgIpc) is 3.55. The molecule has 2 fully saturated rings. The third-order valence-electron chi connectivity index (χ3n) is 5.89. The SMILES string of the molecule is CN1CCCCCC1=NS(=O)(=O)c1cccc(NC(=O)C2CC2c2ccccc2F)c1. The van der Waals surface area contributed by atoms with Gasteiger partial charge in [0.2, 0.25) is 5.91 Å². The van der Waals surface area contributed by atoms with Gasteiger partial charge in [0, 0.05) is 31.6 Å². The Morgan fingerprint density at radius 3 is 2.74 bits per heavy atom. The zero-order valence-electron chi connectivity index (χ0n) is 17.4. The molecule has 1 saturated carbocycles. The number of hydrogen-bond donors (Lipinski definition) is 1. The lowest BCUT2D eigenvalue weighted by Crippen LogP contribution is -2.26. The van der Waals surface area contributed by atoms with E-state index < -0.39 is 10.0 Å². The van der Waals surface area contributed by atoms with Crippen molar-refractivity contribution in [1.29, 1.82) is 0 Å². The van der Waals surface area contributed by atoms with Crippen LogP contribution in [-0.2, 0) is 14.8 Å². The smallest absolute Gasteiger partial charge is 0.284 e. The highest BCUT2D eigenvalue weighted by Gasteiger charge is 2.45. The van der Waals surface area contributed by atoms with E-state index in [2.05, 4.69) is 9.71 Å². The van der Waals surface area contributed by atoms with Crippen LogP contribution in [0.4, 0.5) is 10.1 Å². The van der Waals surface area contributed by atoms with E-state index >= 15 is 0 Å². The molecule has 0 aromatic heterocycles. The zero-order chi connectivity index (χ0) is 22.0. The topological polar surface area (TPSA) is 78.8 Å². The molecule has 1 amide bonds. The number of rotatable bonds is 5. The van der Waals surface area contributed by atoms with E-state index in [0.29, 0.717) is 29.9 Å². The van der Waals surface area contributed by atoms with Crippen molar-refractivity contribution in [1.82, 2.24) is 4.90 Å². The first kappa shape index (κ1) is 21.5. The molecule has 164 valence electrons. The number of carbonyl (C=O) groups excluding carboxylic acids is 1. The molecule has 2 aliphatic rings. The molecule has 4 rings (SSSR count). The first-order chi connectivity index (χ1) is 14.8.